The molecule has 2 N–H and O–H groups in total. The van der Waals surface area contributed by atoms with Crippen LogP contribution in [0.15, 0.2) is 48.9 Å². The number of hydrogen-bond donors (Lipinski definition) is 2. The summed E-state index contributed by atoms with van der Waals surface area (Å²) < 4.78 is 4.61. The lowest BCUT2D eigenvalue weighted by Crippen LogP contribution is -2.11. The summed E-state index contributed by atoms with van der Waals surface area (Å²) in [7, 11) is 1.29. The van der Waals surface area contributed by atoms with E-state index >= 15 is 0 Å². The first-order valence-electron chi connectivity index (χ1n) is 8.32. The second kappa shape index (κ2) is 8.20. The first-order chi connectivity index (χ1) is 14.0. The summed E-state index contributed by atoms with van der Waals surface area (Å²) in [5, 5.41) is 4.30. The fourth-order valence-electron chi connectivity index (χ4n) is 2.65. The minimum Gasteiger partial charge on any atom is -0.453 e. The summed E-state index contributed by atoms with van der Waals surface area (Å²) >= 11 is 13.9. The number of pyridine rings is 1. The van der Waals surface area contributed by atoms with Gasteiger partial charge in [-0.2, -0.15) is 0 Å². The first kappa shape index (κ1) is 19.4. The molecule has 0 bridgehead atoms. The van der Waals surface area contributed by atoms with Crippen LogP contribution in [0.1, 0.15) is 0 Å². The Hall–Kier alpha value is -2.94. The number of nitrogens with zero attached hydrogens (tertiary/aromatic N) is 3. The van der Waals surface area contributed by atoms with E-state index in [1.165, 1.54) is 18.4 Å². The predicted molar refractivity (Wildman–Crippen MR) is 114 cm³/mol. The second-order valence-corrected chi connectivity index (χ2v) is 7.65. The number of halogens is 2. The monoisotopic (exact) mass is 445 g/mol. The zero-order valence-electron chi connectivity index (χ0n) is 14.9. The number of carbonyl (C=O) groups excluding carboxylic acids is 1. The summed E-state index contributed by atoms with van der Waals surface area (Å²) in [4.78, 5) is 28.7. The second-order valence-electron chi connectivity index (χ2n) is 5.81. The van der Waals surface area contributed by atoms with Crippen LogP contribution in [0.2, 0.25) is 10.0 Å². The van der Waals surface area contributed by atoms with E-state index in [2.05, 4.69) is 25.0 Å². The van der Waals surface area contributed by atoms with Gasteiger partial charge >= 0.3 is 6.09 Å². The molecule has 0 aliphatic heterocycles. The number of hydrogen-bond acceptors (Lipinski definition) is 6. The lowest BCUT2D eigenvalue weighted by molar-refractivity contribution is 0.187. The van der Waals surface area contributed by atoms with Crippen LogP contribution in [-0.4, -0.2) is 33.1 Å². The van der Waals surface area contributed by atoms with Crippen molar-refractivity contribution in [2.75, 3.05) is 12.4 Å². The zero-order chi connectivity index (χ0) is 20.4. The van der Waals surface area contributed by atoms with Gasteiger partial charge in [0.2, 0.25) is 0 Å². The van der Waals surface area contributed by atoms with Gasteiger partial charge in [0.1, 0.15) is 16.6 Å². The number of imidazole rings is 1. The number of rotatable bonds is 4. The van der Waals surface area contributed by atoms with Crippen molar-refractivity contribution in [3.8, 4) is 32.5 Å². The average molecular weight is 446 g/mol. The highest BCUT2D eigenvalue weighted by Gasteiger charge is 2.20. The molecule has 10 heteroatoms. The van der Waals surface area contributed by atoms with Crippen molar-refractivity contribution in [2.45, 2.75) is 0 Å². The number of benzene rings is 1. The molecule has 0 atom stereocenters. The molecule has 0 spiro atoms. The van der Waals surface area contributed by atoms with E-state index in [1.54, 1.807) is 42.9 Å². The Balaban J connectivity index is 1.82. The van der Waals surface area contributed by atoms with Gasteiger partial charge in [-0.25, -0.2) is 19.7 Å². The standard InChI is InChI=1S/C19H13Cl2N5O2S/c1-28-19(27)25-14-8-10(4-5-22-14)18-26-15(12-3-2-11(20)9-13(12)21)16(29-18)17-23-6-7-24-17/h2-9H,1H3,(H,23,24)(H,22,25,27). The fourth-order valence-corrected chi connectivity index (χ4v) is 4.18. The average Bonchev–Trinajstić information content (AvgIpc) is 3.38. The van der Waals surface area contributed by atoms with Crippen LogP contribution in [0.3, 0.4) is 0 Å². The topological polar surface area (TPSA) is 92.8 Å². The number of aromatic nitrogens is 4. The Bertz CT molecular complexity index is 1180. The van der Waals surface area contributed by atoms with Crippen LogP contribution in [0.4, 0.5) is 10.6 Å². The molecule has 146 valence electrons. The van der Waals surface area contributed by atoms with Crippen molar-refractivity contribution in [3.63, 3.8) is 0 Å². The smallest absolute Gasteiger partial charge is 0.412 e. The molecule has 0 unspecified atom stereocenters. The van der Waals surface area contributed by atoms with E-state index in [1.807, 2.05) is 6.07 Å². The third-order valence-electron chi connectivity index (χ3n) is 3.95. The van der Waals surface area contributed by atoms with Gasteiger partial charge < -0.3 is 9.72 Å². The van der Waals surface area contributed by atoms with Gasteiger partial charge in [-0.15, -0.1) is 11.3 Å². The first-order valence-corrected chi connectivity index (χ1v) is 9.90. The number of ether oxygens (including phenoxy) is 1. The largest absolute Gasteiger partial charge is 0.453 e. The van der Waals surface area contributed by atoms with Crippen molar-refractivity contribution >= 4 is 46.4 Å². The van der Waals surface area contributed by atoms with Crippen LogP contribution in [0.5, 0.6) is 0 Å². The molecule has 0 fully saturated rings. The molecular weight excluding hydrogens is 433 g/mol. The SMILES string of the molecule is COC(=O)Nc1cc(-c2nc(-c3ccc(Cl)cc3Cl)c(-c3ncc[nH]3)s2)ccn1. The lowest BCUT2D eigenvalue weighted by Gasteiger charge is -2.04. The van der Waals surface area contributed by atoms with E-state index in [0.29, 0.717) is 32.4 Å². The van der Waals surface area contributed by atoms with Gasteiger partial charge in [-0.05, 0) is 30.3 Å². The fraction of sp³-hybridized carbons (Fsp3) is 0.0526. The summed E-state index contributed by atoms with van der Waals surface area (Å²) in [6.45, 7) is 0. The van der Waals surface area contributed by atoms with Crippen molar-refractivity contribution in [1.82, 2.24) is 19.9 Å². The Morgan fingerprint density at radius 1 is 1.17 bits per heavy atom. The third-order valence-corrected chi connectivity index (χ3v) is 5.61. The maximum atomic E-state index is 11.5. The molecule has 0 radical (unpaired) electrons. The summed E-state index contributed by atoms with van der Waals surface area (Å²) in [5.74, 6) is 1.03. The Morgan fingerprint density at radius 2 is 2.03 bits per heavy atom. The normalized spacial score (nSPS) is 10.7. The Labute approximate surface area is 179 Å². The number of methoxy groups -OCH3 is 1. The number of anilines is 1. The maximum absolute atomic E-state index is 11.5. The summed E-state index contributed by atoms with van der Waals surface area (Å²) in [6, 6.07) is 8.79. The van der Waals surface area contributed by atoms with E-state index in [0.717, 1.165) is 16.0 Å². The molecule has 3 heterocycles. The number of aromatic amines is 1. The molecule has 7 nitrogen and oxygen atoms in total. The maximum Gasteiger partial charge on any atom is 0.412 e. The molecule has 3 aromatic heterocycles. The van der Waals surface area contributed by atoms with Crippen molar-refractivity contribution in [2.24, 2.45) is 0 Å². The highest BCUT2D eigenvalue weighted by Crippen LogP contribution is 2.42. The van der Waals surface area contributed by atoms with Crippen LogP contribution in [-0.2, 0) is 4.74 Å². The van der Waals surface area contributed by atoms with Gasteiger partial charge in [-0.3, -0.25) is 5.32 Å². The van der Waals surface area contributed by atoms with E-state index in [9.17, 15) is 4.79 Å². The van der Waals surface area contributed by atoms with Crippen LogP contribution < -0.4 is 5.32 Å². The summed E-state index contributed by atoms with van der Waals surface area (Å²) in [6.07, 6.45) is 4.40. The number of thiazole rings is 1. The molecular formula is C19H13Cl2N5O2S. The highest BCUT2D eigenvalue weighted by molar-refractivity contribution is 7.18. The Morgan fingerprint density at radius 3 is 2.76 bits per heavy atom. The van der Waals surface area contributed by atoms with Crippen molar-refractivity contribution < 1.29 is 9.53 Å². The van der Waals surface area contributed by atoms with Gasteiger partial charge in [0.15, 0.2) is 0 Å². The van der Waals surface area contributed by atoms with Gasteiger partial charge in [0.05, 0.1) is 22.7 Å². The molecule has 0 saturated heterocycles. The van der Waals surface area contributed by atoms with Crippen LogP contribution >= 0.6 is 34.5 Å². The van der Waals surface area contributed by atoms with Crippen LogP contribution in [0.25, 0.3) is 32.5 Å². The Kier molecular flexibility index (Phi) is 5.48. The molecule has 0 aliphatic rings. The van der Waals surface area contributed by atoms with Crippen molar-refractivity contribution in [1.29, 1.82) is 0 Å². The molecule has 1 aromatic carbocycles. The molecule has 4 rings (SSSR count). The number of amides is 1. The molecule has 4 aromatic rings. The molecule has 1 amide bonds. The van der Waals surface area contributed by atoms with Gasteiger partial charge in [0, 0.05) is 34.7 Å². The molecule has 0 saturated carbocycles. The highest BCUT2D eigenvalue weighted by atomic mass is 35.5. The lowest BCUT2D eigenvalue weighted by atomic mass is 10.1. The van der Waals surface area contributed by atoms with Gasteiger partial charge in [-0.1, -0.05) is 23.2 Å². The van der Waals surface area contributed by atoms with E-state index in [4.69, 9.17) is 28.2 Å². The minimum atomic E-state index is -0.598. The number of nitrogens with one attached hydrogen (secondary N) is 2. The number of carbonyl (C=O) groups is 1. The third kappa shape index (κ3) is 4.09. The van der Waals surface area contributed by atoms with Crippen LogP contribution in [0, 0.1) is 0 Å². The minimum absolute atomic E-state index is 0.357. The quantitative estimate of drug-likeness (QED) is 0.417. The van der Waals surface area contributed by atoms with Crippen molar-refractivity contribution in [3.05, 3.63) is 59.0 Å². The predicted octanol–water partition coefficient (Wildman–Crippen LogP) is 5.75. The molecule has 0 aliphatic carbocycles. The number of H-pyrrole nitrogens is 1. The van der Waals surface area contributed by atoms with E-state index < -0.39 is 6.09 Å². The zero-order valence-corrected chi connectivity index (χ0v) is 17.3. The van der Waals surface area contributed by atoms with Gasteiger partial charge in [0.25, 0.3) is 0 Å². The molecule has 29 heavy (non-hydrogen) atoms. The summed E-state index contributed by atoms with van der Waals surface area (Å²) in [5.41, 5.74) is 2.20. The van der Waals surface area contributed by atoms with E-state index in [-0.39, 0.29) is 0 Å².